The highest BCUT2D eigenvalue weighted by Crippen LogP contribution is 2.35. The van der Waals surface area contributed by atoms with E-state index in [-0.39, 0.29) is 11.0 Å². The topological polar surface area (TPSA) is 46.7 Å². The van der Waals surface area contributed by atoms with Crippen molar-refractivity contribution >= 4 is 10.1 Å². The SMILES string of the molecule is CC(=C1OS1(=O)=O)C(C)C. The van der Waals surface area contributed by atoms with Gasteiger partial charge in [-0.3, -0.25) is 0 Å². The third kappa shape index (κ3) is 1.16. The van der Waals surface area contributed by atoms with Crippen molar-refractivity contribution in [2.75, 3.05) is 0 Å². The molecule has 1 rings (SSSR count). The van der Waals surface area contributed by atoms with E-state index in [9.17, 15) is 8.42 Å². The van der Waals surface area contributed by atoms with Crippen molar-refractivity contribution in [1.29, 1.82) is 0 Å². The Kier molecular flexibility index (Phi) is 1.51. The molecule has 1 fully saturated rings. The monoisotopic (exact) mass is 162 g/mol. The quantitative estimate of drug-likeness (QED) is 0.545. The van der Waals surface area contributed by atoms with E-state index >= 15 is 0 Å². The highest BCUT2D eigenvalue weighted by molar-refractivity contribution is 7.96. The number of rotatable bonds is 1. The highest BCUT2D eigenvalue weighted by Gasteiger charge is 2.42. The summed E-state index contributed by atoms with van der Waals surface area (Å²) in [5.41, 5.74) is 0.806. The molecule has 0 spiro atoms. The normalized spacial score (nSPS) is 26.0. The average Bonchev–Trinajstić information content (AvgIpc) is 2.38. The van der Waals surface area contributed by atoms with Crippen molar-refractivity contribution in [2.45, 2.75) is 20.8 Å². The smallest absolute Gasteiger partial charge is 0.361 e. The average molecular weight is 162 g/mol. The van der Waals surface area contributed by atoms with Crippen LogP contribution in [0.1, 0.15) is 20.8 Å². The maximum absolute atomic E-state index is 10.5. The van der Waals surface area contributed by atoms with Crippen LogP contribution >= 0.6 is 0 Å². The van der Waals surface area contributed by atoms with Crippen molar-refractivity contribution in [1.82, 2.24) is 0 Å². The molecule has 0 bridgehead atoms. The van der Waals surface area contributed by atoms with Crippen molar-refractivity contribution < 1.29 is 12.6 Å². The van der Waals surface area contributed by atoms with Gasteiger partial charge in [0.25, 0.3) is 5.09 Å². The van der Waals surface area contributed by atoms with Crippen LogP contribution in [0.25, 0.3) is 0 Å². The molecule has 58 valence electrons. The summed E-state index contributed by atoms with van der Waals surface area (Å²) >= 11 is 0. The summed E-state index contributed by atoms with van der Waals surface area (Å²) in [6.07, 6.45) is 0. The fourth-order valence-corrected chi connectivity index (χ4v) is 1.67. The lowest BCUT2D eigenvalue weighted by Gasteiger charge is -1.97. The summed E-state index contributed by atoms with van der Waals surface area (Å²) in [7, 11) is -3.22. The molecule has 3 nitrogen and oxygen atoms in total. The van der Waals surface area contributed by atoms with Gasteiger partial charge in [-0.25, -0.2) is 0 Å². The molecule has 0 atom stereocenters. The Morgan fingerprint density at radius 3 is 2.00 bits per heavy atom. The predicted molar refractivity (Wildman–Crippen MR) is 37.5 cm³/mol. The first-order chi connectivity index (χ1) is 4.45. The van der Waals surface area contributed by atoms with Gasteiger partial charge in [-0.1, -0.05) is 13.8 Å². The van der Waals surface area contributed by atoms with Crippen LogP contribution in [0.2, 0.25) is 0 Å². The Bertz CT molecular complexity index is 271. The zero-order valence-electron chi connectivity index (χ0n) is 6.21. The van der Waals surface area contributed by atoms with Gasteiger partial charge in [0.15, 0.2) is 0 Å². The van der Waals surface area contributed by atoms with Crippen LogP contribution in [0.4, 0.5) is 0 Å². The molecule has 1 aliphatic heterocycles. The summed E-state index contributed by atoms with van der Waals surface area (Å²) in [6, 6.07) is 0. The molecule has 0 N–H and O–H groups in total. The Labute approximate surface area is 60.8 Å². The standard InChI is InChI=1S/C6H10O3S/c1-4(2)5(3)6-9-10(6,7)8/h4H,1-3H3. The van der Waals surface area contributed by atoms with Gasteiger partial charge in [0, 0.05) is 0 Å². The predicted octanol–water partition coefficient (Wildman–Crippen LogP) is 1.23. The zero-order valence-corrected chi connectivity index (χ0v) is 7.03. The summed E-state index contributed by atoms with van der Waals surface area (Å²) < 4.78 is 25.5. The van der Waals surface area contributed by atoms with E-state index in [0.717, 1.165) is 5.57 Å². The zero-order chi connectivity index (χ0) is 7.94. The second-order valence-electron chi connectivity index (χ2n) is 2.66. The van der Waals surface area contributed by atoms with Gasteiger partial charge < -0.3 is 4.18 Å². The van der Waals surface area contributed by atoms with E-state index < -0.39 is 10.1 Å². The van der Waals surface area contributed by atoms with Gasteiger partial charge in [-0.2, -0.15) is 8.42 Å². The van der Waals surface area contributed by atoms with Crippen molar-refractivity contribution in [3.8, 4) is 0 Å². The minimum atomic E-state index is -3.22. The molecule has 1 aliphatic rings. The molecule has 0 amide bonds. The summed E-state index contributed by atoms with van der Waals surface area (Å²) in [5.74, 6) is 0.243. The fourth-order valence-electron chi connectivity index (χ4n) is 0.581. The lowest BCUT2D eigenvalue weighted by molar-refractivity contribution is 0.538. The van der Waals surface area contributed by atoms with E-state index in [2.05, 4.69) is 4.18 Å². The second-order valence-corrected chi connectivity index (χ2v) is 4.11. The van der Waals surface area contributed by atoms with Gasteiger partial charge in [0.2, 0.25) is 0 Å². The molecule has 1 heterocycles. The number of hydrogen-bond donors (Lipinski definition) is 0. The first kappa shape index (κ1) is 7.60. The molecule has 0 aromatic carbocycles. The molecular weight excluding hydrogens is 152 g/mol. The second kappa shape index (κ2) is 1.99. The van der Waals surface area contributed by atoms with Crippen molar-refractivity contribution in [2.24, 2.45) is 5.92 Å². The number of allylic oxidation sites excluding steroid dienone is 1. The first-order valence-corrected chi connectivity index (χ1v) is 4.51. The van der Waals surface area contributed by atoms with Crippen LogP contribution in [0.15, 0.2) is 10.7 Å². The summed E-state index contributed by atoms with van der Waals surface area (Å²) in [4.78, 5) is 0. The molecule has 10 heavy (non-hydrogen) atoms. The highest BCUT2D eigenvalue weighted by atomic mass is 32.2. The van der Waals surface area contributed by atoms with Gasteiger partial charge in [0.1, 0.15) is 0 Å². The molecule has 4 heteroatoms. The Hall–Kier alpha value is -0.510. The minimum absolute atomic E-state index is 0.169. The van der Waals surface area contributed by atoms with Crippen LogP contribution in [0, 0.1) is 5.92 Å². The lowest BCUT2D eigenvalue weighted by atomic mass is 10.1. The van der Waals surface area contributed by atoms with Crippen LogP contribution in [-0.2, 0) is 14.3 Å². The molecule has 0 aliphatic carbocycles. The Morgan fingerprint density at radius 1 is 1.50 bits per heavy atom. The fraction of sp³-hybridized carbons (Fsp3) is 0.667. The van der Waals surface area contributed by atoms with Crippen LogP contribution in [-0.4, -0.2) is 8.42 Å². The summed E-state index contributed by atoms with van der Waals surface area (Å²) in [6.45, 7) is 5.63. The van der Waals surface area contributed by atoms with Gasteiger partial charge in [0.05, 0.1) is 0 Å². The van der Waals surface area contributed by atoms with Crippen molar-refractivity contribution in [3.05, 3.63) is 10.7 Å². The van der Waals surface area contributed by atoms with Crippen molar-refractivity contribution in [3.63, 3.8) is 0 Å². The molecule has 0 aromatic heterocycles. The van der Waals surface area contributed by atoms with E-state index in [1.165, 1.54) is 0 Å². The molecule has 0 radical (unpaired) electrons. The number of hydrogen-bond acceptors (Lipinski definition) is 3. The van der Waals surface area contributed by atoms with E-state index in [1.807, 2.05) is 13.8 Å². The van der Waals surface area contributed by atoms with Crippen LogP contribution < -0.4 is 0 Å². The van der Waals surface area contributed by atoms with E-state index in [1.54, 1.807) is 6.92 Å². The van der Waals surface area contributed by atoms with Gasteiger partial charge >= 0.3 is 10.1 Å². The third-order valence-electron chi connectivity index (χ3n) is 1.57. The molecular formula is C6H10O3S. The third-order valence-corrected chi connectivity index (χ3v) is 2.67. The summed E-state index contributed by atoms with van der Waals surface area (Å²) in [5, 5.41) is 0.169. The molecule has 1 saturated heterocycles. The largest absolute Gasteiger partial charge is 0.374 e. The maximum atomic E-state index is 10.5. The molecule has 0 unspecified atom stereocenters. The molecule has 0 saturated carbocycles. The van der Waals surface area contributed by atoms with E-state index in [4.69, 9.17) is 0 Å². The lowest BCUT2D eigenvalue weighted by Crippen LogP contribution is -1.88. The van der Waals surface area contributed by atoms with Crippen LogP contribution in [0.5, 0.6) is 0 Å². The Balaban J connectivity index is 2.94. The first-order valence-electron chi connectivity index (χ1n) is 3.10. The van der Waals surface area contributed by atoms with Crippen LogP contribution in [0.3, 0.4) is 0 Å². The minimum Gasteiger partial charge on any atom is -0.361 e. The van der Waals surface area contributed by atoms with E-state index in [0.29, 0.717) is 0 Å². The van der Waals surface area contributed by atoms with Gasteiger partial charge in [-0.05, 0) is 18.4 Å². The maximum Gasteiger partial charge on any atom is 0.374 e. The Morgan fingerprint density at radius 2 is 1.90 bits per heavy atom. The van der Waals surface area contributed by atoms with Gasteiger partial charge in [-0.15, -0.1) is 0 Å². The molecule has 0 aromatic rings.